The zero-order valence-corrected chi connectivity index (χ0v) is 14.7. The average molecular weight is 349 g/mol. The van der Waals surface area contributed by atoms with E-state index in [9.17, 15) is 0 Å². The van der Waals surface area contributed by atoms with Crippen LogP contribution in [0.2, 0.25) is 0 Å². The number of nitrogens with one attached hydrogen (secondary N) is 1. The lowest BCUT2D eigenvalue weighted by molar-refractivity contribution is 1.29. The van der Waals surface area contributed by atoms with Crippen LogP contribution < -0.4 is 5.43 Å². The lowest BCUT2D eigenvalue weighted by Crippen LogP contribution is -1.89. The zero-order chi connectivity index (χ0) is 16.4. The van der Waals surface area contributed by atoms with Gasteiger partial charge < -0.3 is 0 Å². The van der Waals surface area contributed by atoms with E-state index in [1.54, 1.807) is 22.7 Å². The highest BCUT2D eigenvalue weighted by molar-refractivity contribution is 7.20. The first-order valence-electron chi connectivity index (χ1n) is 7.59. The van der Waals surface area contributed by atoms with E-state index in [1.165, 1.54) is 20.5 Å². The predicted molar refractivity (Wildman–Crippen MR) is 105 cm³/mol. The number of rotatable bonds is 4. The van der Waals surface area contributed by atoms with Gasteiger partial charge in [0.2, 0.25) is 5.13 Å². The predicted octanol–water partition coefficient (Wildman–Crippen LogP) is 5.78. The van der Waals surface area contributed by atoms with Crippen molar-refractivity contribution in [2.24, 2.45) is 5.10 Å². The molecule has 0 aliphatic heterocycles. The number of thiophene rings is 1. The SMILES string of the molecule is Cc1c(/C=N\Nc2nc(-c3ccccc3)cs2)sc2ccccc12. The van der Waals surface area contributed by atoms with Crippen LogP contribution in [0.5, 0.6) is 0 Å². The minimum absolute atomic E-state index is 0.795. The molecule has 0 saturated heterocycles. The number of benzene rings is 2. The highest BCUT2D eigenvalue weighted by Gasteiger charge is 2.06. The summed E-state index contributed by atoms with van der Waals surface area (Å²) in [6.07, 6.45) is 1.88. The van der Waals surface area contributed by atoms with E-state index in [0.29, 0.717) is 0 Å². The number of anilines is 1. The zero-order valence-electron chi connectivity index (χ0n) is 13.1. The molecule has 3 nitrogen and oxygen atoms in total. The molecule has 118 valence electrons. The highest BCUT2D eigenvalue weighted by atomic mass is 32.1. The van der Waals surface area contributed by atoms with Gasteiger partial charge in [0.1, 0.15) is 0 Å². The summed E-state index contributed by atoms with van der Waals surface area (Å²) < 4.78 is 1.29. The summed E-state index contributed by atoms with van der Waals surface area (Å²) in [5, 5.41) is 8.49. The molecule has 4 aromatic rings. The molecule has 2 aromatic heterocycles. The van der Waals surface area contributed by atoms with Crippen molar-refractivity contribution in [2.45, 2.75) is 6.92 Å². The van der Waals surface area contributed by atoms with E-state index >= 15 is 0 Å². The highest BCUT2D eigenvalue weighted by Crippen LogP contribution is 2.29. The molecule has 24 heavy (non-hydrogen) atoms. The minimum Gasteiger partial charge on any atom is -0.253 e. The second-order valence-corrected chi connectivity index (χ2v) is 7.30. The lowest BCUT2D eigenvalue weighted by Gasteiger charge is -1.95. The standard InChI is InChI=1S/C19H15N3S2/c1-13-15-9-5-6-10-17(15)24-18(13)11-20-22-19-21-16(12-23-19)14-7-3-2-4-8-14/h2-12H,1H3,(H,21,22)/b20-11-. The molecule has 0 atom stereocenters. The summed E-state index contributed by atoms with van der Waals surface area (Å²) >= 11 is 3.31. The van der Waals surface area contributed by atoms with Gasteiger partial charge in [0.25, 0.3) is 0 Å². The number of hydrogen-bond acceptors (Lipinski definition) is 5. The van der Waals surface area contributed by atoms with Gasteiger partial charge in [-0.15, -0.1) is 22.7 Å². The third-order valence-corrected chi connectivity index (χ3v) is 5.75. The van der Waals surface area contributed by atoms with Crippen LogP contribution in [-0.4, -0.2) is 11.2 Å². The summed E-state index contributed by atoms with van der Waals surface area (Å²) in [7, 11) is 0. The molecule has 2 aromatic carbocycles. The fourth-order valence-electron chi connectivity index (χ4n) is 2.53. The number of thiazole rings is 1. The molecule has 1 N–H and O–H groups in total. The lowest BCUT2D eigenvalue weighted by atomic mass is 10.1. The summed E-state index contributed by atoms with van der Waals surface area (Å²) in [5.74, 6) is 0. The van der Waals surface area contributed by atoms with E-state index in [4.69, 9.17) is 0 Å². The molecule has 0 aliphatic rings. The van der Waals surface area contributed by atoms with Gasteiger partial charge in [-0.05, 0) is 23.9 Å². The van der Waals surface area contributed by atoms with Gasteiger partial charge in [0.15, 0.2) is 0 Å². The summed E-state index contributed by atoms with van der Waals surface area (Å²) in [4.78, 5) is 5.74. The number of aryl methyl sites for hydroxylation is 1. The largest absolute Gasteiger partial charge is 0.253 e. The van der Waals surface area contributed by atoms with Gasteiger partial charge in [-0.1, -0.05) is 48.5 Å². The van der Waals surface area contributed by atoms with Crippen molar-refractivity contribution in [1.82, 2.24) is 4.98 Å². The Balaban J connectivity index is 1.51. The molecular formula is C19H15N3S2. The molecule has 0 spiro atoms. The van der Waals surface area contributed by atoms with Crippen LogP contribution in [0.3, 0.4) is 0 Å². The average Bonchev–Trinajstić information content (AvgIpc) is 3.22. The van der Waals surface area contributed by atoms with Crippen molar-refractivity contribution >= 4 is 44.1 Å². The van der Waals surface area contributed by atoms with Crippen molar-refractivity contribution in [3.05, 3.63) is 70.4 Å². The first-order chi connectivity index (χ1) is 11.8. The normalized spacial score (nSPS) is 11.4. The van der Waals surface area contributed by atoms with Crippen LogP contribution in [0.4, 0.5) is 5.13 Å². The van der Waals surface area contributed by atoms with E-state index < -0.39 is 0 Å². The van der Waals surface area contributed by atoms with E-state index in [-0.39, 0.29) is 0 Å². The van der Waals surface area contributed by atoms with Crippen molar-refractivity contribution < 1.29 is 0 Å². The topological polar surface area (TPSA) is 37.3 Å². The number of hydrazone groups is 1. The van der Waals surface area contributed by atoms with Crippen LogP contribution >= 0.6 is 22.7 Å². The Kier molecular flexibility index (Phi) is 4.11. The Morgan fingerprint density at radius 1 is 1.04 bits per heavy atom. The Morgan fingerprint density at radius 2 is 1.83 bits per heavy atom. The summed E-state index contributed by atoms with van der Waals surface area (Å²) in [6, 6.07) is 18.6. The molecule has 5 heteroatoms. The van der Waals surface area contributed by atoms with Crippen molar-refractivity contribution in [1.29, 1.82) is 0 Å². The van der Waals surface area contributed by atoms with E-state index in [2.05, 4.69) is 58.8 Å². The quantitative estimate of drug-likeness (QED) is 0.374. The van der Waals surface area contributed by atoms with Crippen molar-refractivity contribution in [3.8, 4) is 11.3 Å². The maximum absolute atomic E-state index is 4.57. The van der Waals surface area contributed by atoms with Gasteiger partial charge in [-0.3, -0.25) is 5.43 Å². The molecule has 0 aliphatic carbocycles. The Morgan fingerprint density at radius 3 is 2.67 bits per heavy atom. The monoisotopic (exact) mass is 349 g/mol. The number of fused-ring (bicyclic) bond motifs is 1. The Hall–Kier alpha value is -2.50. The molecule has 0 bridgehead atoms. The second-order valence-electron chi connectivity index (χ2n) is 5.36. The van der Waals surface area contributed by atoms with Crippen molar-refractivity contribution in [2.75, 3.05) is 5.43 Å². The number of aromatic nitrogens is 1. The van der Waals surface area contributed by atoms with Crippen LogP contribution in [0.25, 0.3) is 21.3 Å². The summed E-state index contributed by atoms with van der Waals surface area (Å²) in [5.41, 5.74) is 6.39. The van der Waals surface area contributed by atoms with Gasteiger partial charge in [-0.2, -0.15) is 5.10 Å². The maximum Gasteiger partial charge on any atom is 0.203 e. The van der Waals surface area contributed by atoms with Gasteiger partial charge in [-0.25, -0.2) is 4.98 Å². The number of nitrogens with zero attached hydrogens (tertiary/aromatic N) is 2. The van der Waals surface area contributed by atoms with Gasteiger partial charge in [0, 0.05) is 15.6 Å². The Bertz CT molecular complexity index is 1000. The number of hydrogen-bond donors (Lipinski definition) is 1. The molecule has 2 heterocycles. The van der Waals surface area contributed by atoms with E-state index in [1.807, 2.05) is 29.8 Å². The fraction of sp³-hybridized carbons (Fsp3) is 0.0526. The van der Waals surface area contributed by atoms with Crippen LogP contribution in [-0.2, 0) is 0 Å². The first-order valence-corrected chi connectivity index (χ1v) is 9.29. The molecule has 0 saturated carbocycles. The fourth-order valence-corrected chi connectivity index (χ4v) is 4.28. The molecule has 0 amide bonds. The molecular weight excluding hydrogens is 334 g/mol. The third-order valence-electron chi connectivity index (χ3n) is 3.80. The van der Waals surface area contributed by atoms with Crippen LogP contribution in [0.15, 0.2) is 65.1 Å². The molecule has 0 unspecified atom stereocenters. The van der Waals surface area contributed by atoms with E-state index in [0.717, 1.165) is 16.4 Å². The molecule has 4 rings (SSSR count). The maximum atomic E-state index is 4.57. The van der Waals surface area contributed by atoms with Crippen LogP contribution in [0.1, 0.15) is 10.4 Å². The van der Waals surface area contributed by atoms with Crippen molar-refractivity contribution in [3.63, 3.8) is 0 Å². The van der Waals surface area contributed by atoms with Gasteiger partial charge >= 0.3 is 0 Å². The smallest absolute Gasteiger partial charge is 0.203 e. The molecule has 0 radical (unpaired) electrons. The first kappa shape index (κ1) is 15.1. The van der Waals surface area contributed by atoms with Crippen LogP contribution in [0, 0.1) is 6.92 Å². The second kappa shape index (κ2) is 6.55. The molecule has 0 fully saturated rings. The van der Waals surface area contributed by atoms with Gasteiger partial charge in [0.05, 0.1) is 16.8 Å². The Labute approximate surface area is 148 Å². The minimum atomic E-state index is 0.795. The third kappa shape index (κ3) is 2.96. The summed E-state index contributed by atoms with van der Waals surface area (Å²) in [6.45, 7) is 2.14.